The van der Waals surface area contributed by atoms with Crippen LogP contribution < -0.4 is 20.3 Å². The highest BCUT2D eigenvalue weighted by Crippen LogP contribution is 2.18. The second kappa shape index (κ2) is 12.6. The maximum Gasteiger partial charge on any atom is 0.294 e. The molecule has 0 saturated heterocycles. The van der Waals surface area contributed by atoms with Gasteiger partial charge in [-0.2, -0.15) is 10.2 Å². The van der Waals surface area contributed by atoms with Crippen molar-refractivity contribution in [3.8, 4) is 17.2 Å². The number of amides is 2. The highest BCUT2D eigenvalue weighted by Gasteiger charge is 2.26. The summed E-state index contributed by atoms with van der Waals surface area (Å²) in [6.07, 6.45) is 2.80. The standard InChI is InChI=1S/C26H22N8O6/c1-39-21-11-3-17(4-12-21)15-27-30-25(35)23-24(26(36)31-28-16-18-5-13-22(40-2)14-6-18)33(32-29-23)19-7-9-20(10-8-19)34(37)38/h3-16H,1-2H3,(H,30,35)(H,31,36)/b27-15+,28-16+. The number of non-ortho nitro benzene ring substituents is 1. The number of methoxy groups -OCH3 is 2. The van der Waals surface area contributed by atoms with E-state index in [1.807, 2.05) is 0 Å². The van der Waals surface area contributed by atoms with Gasteiger partial charge >= 0.3 is 0 Å². The van der Waals surface area contributed by atoms with Gasteiger partial charge in [0.1, 0.15) is 11.5 Å². The number of ether oxygens (including phenoxy) is 2. The van der Waals surface area contributed by atoms with E-state index in [1.165, 1.54) is 36.7 Å². The summed E-state index contributed by atoms with van der Waals surface area (Å²) in [6, 6.07) is 19.1. The van der Waals surface area contributed by atoms with Gasteiger partial charge in [-0.15, -0.1) is 5.10 Å². The van der Waals surface area contributed by atoms with Crippen molar-refractivity contribution in [3.63, 3.8) is 0 Å². The Balaban J connectivity index is 1.58. The molecule has 0 atom stereocenters. The van der Waals surface area contributed by atoms with Gasteiger partial charge in [0, 0.05) is 12.1 Å². The molecule has 0 aliphatic carbocycles. The molecule has 202 valence electrons. The lowest BCUT2D eigenvalue weighted by Crippen LogP contribution is -2.27. The SMILES string of the molecule is COc1ccc(/C=N/NC(=O)c2nnn(-c3ccc([N+](=O)[O-])cc3)c2C(=O)N/N=C/c2ccc(OC)cc2)cc1. The van der Waals surface area contributed by atoms with Crippen LogP contribution in [0.15, 0.2) is 83.0 Å². The molecule has 14 nitrogen and oxygen atoms in total. The largest absolute Gasteiger partial charge is 0.497 e. The van der Waals surface area contributed by atoms with E-state index in [0.717, 1.165) is 4.68 Å². The highest BCUT2D eigenvalue weighted by molar-refractivity contribution is 6.05. The van der Waals surface area contributed by atoms with E-state index in [9.17, 15) is 19.7 Å². The number of carbonyl (C=O) groups is 2. The van der Waals surface area contributed by atoms with E-state index < -0.39 is 16.7 Å². The number of nitrogens with one attached hydrogen (secondary N) is 2. The highest BCUT2D eigenvalue weighted by atomic mass is 16.6. The number of rotatable bonds is 10. The molecule has 3 aromatic carbocycles. The average Bonchev–Trinajstić information content (AvgIpc) is 3.43. The van der Waals surface area contributed by atoms with Crippen LogP contribution in [0.2, 0.25) is 0 Å². The van der Waals surface area contributed by atoms with Gasteiger partial charge in [0.2, 0.25) is 0 Å². The van der Waals surface area contributed by atoms with Crippen LogP contribution in [0.1, 0.15) is 32.1 Å². The first-order valence-corrected chi connectivity index (χ1v) is 11.5. The molecule has 40 heavy (non-hydrogen) atoms. The fourth-order valence-corrected chi connectivity index (χ4v) is 3.35. The van der Waals surface area contributed by atoms with Gasteiger partial charge in [-0.1, -0.05) is 5.21 Å². The zero-order valence-electron chi connectivity index (χ0n) is 21.2. The predicted octanol–water partition coefficient (Wildman–Crippen LogP) is 2.72. The Morgan fingerprint density at radius 2 is 1.32 bits per heavy atom. The van der Waals surface area contributed by atoms with Crippen LogP contribution in [-0.2, 0) is 0 Å². The maximum atomic E-state index is 13.2. The van der Waals surface area contributed by atoms with Crippen LogP contribution in [0.5, 0.6) is 11.5 Å². The lowest BCUT2D eigenvalue weighted by molar-refractivity contribution is -0.384. The Morgan fingerprint density at radius 1 is 0.825 bits per heavy atom. The van der Waals surface area contributed by atoms with E-state index in [0.29, 0.717) is 22.6 Å². The van der Waals surface area contributed by atoms with Gasteiger partial charge in [0.05, 0.1) is 37.3 Å². The minimum absolute atomic E-state index is 0.162. The number of hydrogen-bond donors (Lipinski definition) is 2. The monoisotopic (exact) mass is 542 g/mol. The molecule has 2 amide bonds. The van der Waals surface area contributed by atoms with Crippen molar-refractivity contribution < 1.29 is 24.0 Å². The van der Waals surface area contributed by atoms with Gasteiger partial charge in [-0.05, 0) is 71.8 Å². The van der Waals surface area contributed by atoms with Crippen LogP contribution in [0.4, 0.5) is 5.69 Å². The summed E-state index contributed by atoms with van der Waals surface area (Å²) in [4.78, 5) is 36.6. The summed E-state index contributed by atoms with van der Waals surface area (Å²) in [7, 11) is 3.09. The lowest BCUT2D eigenvalue weighted by Gasteiger charge is -2.06. The molecule has 0 bridgehead atoms. The van der Waals surface area contributed by atoms with Crippen molar-refractivity contribution in [3.05, 3.63) is 105 Å². The molecule has 14 heteroatoms. The number of benzene rings is 3. The molecule has 0 fully saturated rings. The molecule has 0 radical (unpaired) electrons. The molecular weight excluding hydrogens is 520 g/mol. The van der Waals surface area contributed by atoms with Gasteiger partial charge < -0.3 is 9.47 Å². The number of aromatic nitrogens is 3. The number of nitrogens with zero attached hydrogens (tertiary/aromatic N) is 6. The quantitative estimate of drug-likeness (QED) is 0.175. The lowest BCUT2D eigenvalue weighted by atomic mass is 10.2. The zero-order chi connectivity index (χ0) is 28.5. The number of nitro benzene ring substituents is 1. The van der Waals surface area contributed by atoms with Crippen molar-refractivity contribution in [2.45, 2.75) is 0 Å². The molecule has 0 aliphatic rings. The van der Waals surface area contributed by atoms with Crippen molar-refractivity contribution in [1.29, 1.82) is 0 Å². The molecule has 0 unspecified atom stereocenters. The number of hydrogen-bond acceptors (Lipinski definition) is 10. The first-order chi connectivity index (χ1) is 19.4. The third-order valence-electron chi connectivity index (χ3n) is 5.40. The van der Waals surface area contributed by atoms with Crippen LogP contribution in [0.25, 0.3) is 5.69 Å². The second-order valence-corrected chi connectivity index (χ2v) is 7.92. The van der Waals surface area contributed by atoms with Gasteiger partial charge in [-0.3, -0.25) is 19.7 Å². The third kappa shape index (κ3) is 6.49. The summed E-state index contributed by atoms with van der Waals surface area (Å²) >= 11 is 0. The first-order valence-electron chi connectivity index (χ1n) is 11.5. The Hall–Kier alpha value is -5.92. The van der Waals surface area contributed by atoms with Crippen molar-refractivity contribution in [2.75, 3.05) is 14.2 Å². The van der Waals surface area contributed by atoms with Crippen molar-refractivity contribution in [2.24, 2.45) is 10.2 Å². The Bertz CT molecular complexity index is 1560. The minimum Gasteiger partial charge on any atom is -0.497 e. The summed E-state index contributed by atoms with van der Waals surface area (Å²) in [5.74, 6) is -0.307. The Labute approximate surface area is 227 Å². The van der Waals surface area contributed by atoms with Crippen molar-refractivity contribution in [1.82, 2.24) is 25.8 Å². The summed E-state index contributed by atoms with van der Waals surface area (Å²) in [5, 5.41) is 26.7. The third-order valence-corrected chi connectivity index (χ3v) is 5.40. The Kier molecular flexibility index (Phi) is 8.51. The minimum atomic E-state index is -0.817. The predicted molar refractivity (Wildman–Crippen MR) is 144 cm³/mol. The topological polar surface area (TPSA) is 175 Å². The number of carbonyl (C=O) groups excluding carboxylic acids is 2. The molecule has 4 rings (SSSR count). The van der Waals surface area contributed by atoms with Crippen LogP contribution >= 0.6 is 0 Å². The fourth-order valence-electron chi connectivity index (χ4n) is 3.35. The fraction of sp³-hybridized carbons (Fsp3) is 0.0769. The van der Waals surface area contributed by atoms with E-state index in [2.05, 4.69) is 31.4 Å². The molecule has 4 aromatic rings. The average molecular weight is 543 g/mol. The zero-order valence-corrected chi connectivity index (χ0v) is 21.2. The summed E-state index contributed by atoms with van der Waals surface area (Å²) < 4.78 is 11.3. The van der Waals surface area contributed by atoms with Crippen LogP contribution in [-0.4, -0.2) is 58.4 Å². The van der Waals surface area contributed by atoms with Gasteiger partial charge in [0.25, 0.3) is 17.5 Å². The van der Waals surface area contributed by atoms with E-state index in [4.69, 9.17) is 9.47 Å². The molecular formula is C26H22N8O6. The normalized spacial score (nSPS) is 10.9. The van der Waals surface area contributed by atoms with E-state index in [1.54, 1.807) is 62.8 Å². The van der Waals surface area contributed by atoms with E-state index >= 15 is 0 Å². The van der Waals surface area contributed by atoms with Crippen molar-refractivity contribution >= 4 is 29.9 Å². The molecule has 0 spiro atoms. The first kappa shape index (κ1) is 27.1. The van der Waals surface area contributed by atoms with Crippen LogP contribution in [0, 0.1) is 10.1 Å². The van der Waals surface area contributed by atoms with Crippen LogP contribution in [0.3, 0.4) is 0 Å². The maximum absolute atomic E-state index is 13.2. The summed E-state index contributed by atoms with van der Waals surface area (Å²) in [5.41, 5.74) is 5.50. The number of nitro groups is 1. The second-order valence-electron chi connectivity index (χ2n) is 7.92. The van der Waals surface area contributed by atoms with Gasteiger partial charge in [0.15, 0.2) is 11.4 Å². The van der Waals surface area contributed by atoms with E-state index in [-0.39, 0.29) is 22.8 Å². The molecule has 0 saturated carbocycles. The molecule has 1 aromatic heterocycles. The summed E-state index contributed by atoms with van der Waals surface area (Å²) in [6.45, 7) is 0. The van der Waals surface area contributed by atoms with Gasteiger partial charge in [-0.25, -0.2) is 15.5 Å². The molecule has 0 aliphatic heterocycles. The molecule has 2 N–H and O–H groups in total. The Morgan fingerprint density at radius 3 is 1.80 bits per heavy atom. The number of hydrazone groups is 2. The molecule has 1 heterocycles. The smallest absolute Gasteiger partial charge is 0.294 e.